The van der Waals surface area contributed by atoms with Crippen LogP contribution in [0.4, 0.5) is 13.2 Å². The molecule has 0 aliphatic heterocycles. The van der Waals surface area contributed by atoms with Gasteiger partial charge in [-0.2, -0.15) is 13.2 Å². The highest BCUT2D eigenvalue weighted by atomic mass is 19.4. The summed E-state index contributed by atoms with van der Waals surface area (Å²) in [5.41, 5.74) is 2.90. The molecule has 2 aromatic carbocycles. The molecule has 0 amide bonds. The topological polar surface area (TPSA) is 0 Å². The Kier molecular flexibility index (Phi) is 4.95. The summed E-state index contributed by atoms with van der Waals surface area (Å²) >= 11 is 0. The Morgan fingerprint density at radius 2 is 1.56 bits per heavy atom. The second-order valence-electron chi connectivity index (χ2n) is 7.54. The molecule has 0 radical (unpaired) electrons. The normalized spacial score (nSPS) is 16.3. The standard InChI is InChI=1S/C22H25F3/c1-14(2)18-10-6-7-17(21(18)22(23,24)25)13-15(3)19-8-4-5-9-20(19)16-11-12-16/h4-10,14-16H,11-13H2,1-3H3. The highest BCUT2D eigenvalue weighted by molar-refractivity contribution is 5.42. The zero-order valence-corrected chi connectivity index (χ0v) is 15.0. The molecule has 2 aromatic rings. The van der Waals surface area contributed by atoms with Crippen LogP contribution in [-0.4, -0.2) is 0 Å². The predicted octanol–water partition coefficient (Wildman–Crippen LogP) is 7.05. The predicted molar refractivity (Wildman–Crippen MR) is 96.1 cm³/mol. The second kappa shape index (κ2) is 6.86. The minimum absolute atomic E-state index is 0.0697. The first kappa shape index (κ1) is 18.0. The van der Waals surface area contributed by atoms with Crippen LogP contribution in [-0.2, 0) is 12.6 Å². The van der Waals surface area contributed by atoms with Crippen LogP contribution in [0.2, 0.25) is 0 Å². The molecule has 134 valence electrons. The van der Waals surface area contributed by atoms with Gasteiger partial charge in [-0.3, -0.25) is 0 Å². The lowest BCUT2D eigenvalue weighted by Crippen LogP contribution is -2.15. The van der Waals surface area contributed by atoms with Crippen molar-refractivity contribution in [1.82, 2.24) is 0 Å². The minimum Gasteiger partial charge on any atom is -0.166 e. The molecule has 0 nitrogen and oxygen atoms in total. The molecule has 25 heavy (non-hydrogen) atoms. The van der Waals surface area contributed by atoms with Crippen LogP contribution in [0, 0.1) is 0 Å². The molecule has 3 heteroatoms. The van der Waals surface area contributed by atoms with Crippen molar-refractivity contribution < 1.29 is 13.2 Å². The molecule has 0 spiro atoms. The minimum atomic E-state index is -4.31. The number of rotatable bonds is 5. The number of hydrogen-bond donors (Lipinski definition) is 0. The van der Waals surface area contributed by atoms with Gasteiger partial charge >= 0.3 is 6.18 Å². The Morgan fingerprint density at radius 1 is 0.920 bits per heavy atom. The van der Waals surface area contributed by atoms with Crippen molar-refractivity contribution in [2.24, 2.45) is 0 Å². The summed E-state index contributed by atoms with van der Waals surface area (Å²) < 4.78 is 41.2. The van der Waals surface area contributed by atoms with Crippen molar-refractivity contribution in [3.63, 3.8) is 0 Å². The van der Waals surface area contributed by atoms with Gasteiger partial charge in [0, 0.05) is 0 Å². The lowest BCUT2D eigenvalue weighted by atomic mass is 9.85. The summed E-state index contributed by atoms with van der Waals surface area (Å²) in [5, 5.41) is 0. The molecule has 0 bridgehead atoms. The summed E-state index contributed by atoms with van der Waals surface area (Å²) in [6.07, 6.45) is -1.51. The van der Waals surface area contributed by atoms with E-state index >= 15 is 0 Å². The van der Waals surface area contributed by atoms with Gasteiger partial charge in [-0.1, -0.05) is 63.2 Å². The third kappa shape index (κ3) is 3.91. The van der Waals surface area contributed by atoms with Gasteiger partial charge in [0.05, 0.1) is 5.56 Å². The van der Waals surface area contributed by atoms with E-state index in [0.717, 1.165) is 0 Å². The van der Waals surface area contributed by atoms with E-state index in [9.17, 15) is 13.2 Å². The van der Waals surface area contributed by atoms with Gasteiger partial charge in [0.25, 0.3) is 0 Å². The maximum Gasteiger partial charge on any atom is 0.416 e. The molecular weight excluding hydrogens is 321 g/mol. The van der Waals surface area contributed by atoms with Crippen LogP contribution in [0.1, 0.15) is 79.2 Å². The van der Waals surface area contributed by atoms with E-state index in [1.54, 1.807) is 18.2 Å². The van der Waals surface area contributed by atoms with Gasteiger partial charge in [-0.15, -0.1) is 0 Å². The molecule has 0 saturated heterocycles. The van der Waals surface area contributed by atoms with Crippen molar-refractivity contribution in [2.45, 2.75) is 64.0 Å². The maximum absolute atomic E-state index is 13.7. The summed E-state index contributed by atoms with van der Waals surface area (Å²) in [4.78, 5) is 0. The van der Waals surface area contributed by atoms with Crippen molar-refractivity contribution in [1.29, 1.82) is 0 Å². The van der Waals surface area contributed by atoms with E-state index in [1.807, 2.05) is 32.9 Å². The van der Waals surface area contributed by atoms with Crippen molar-refractivity contribution in [3.8, 4) is 0 Å². The molecule has 1 atom stereocenters. The molecule has 1 unspecified atom stereocenters. The monoisotopic (exact) mass is 346 g/mol. The number of hydrogen-bond acceptors (Lipinski definition) is 0. The molecule has 1 fully saturated rings. The highest BCUT2D eigenvalue weighted by Gasteiger charge is 2.37. The fourth-order valence-electron chi connectivity index (χ4n) is 3.78. The summed E-state index contributed by atoms with van der Waals surface area (Å²) in [6, 6.07) is 13.3. The molecule has 3 rings (SSSR count). The fourth-order valence-corrected chi connectivity index (χ4v) is 3.78. The third-order valence-corrected chi connectivity index (χ3v) is 5.16. The van der Waals surface area contributed by atoms with Crippen LogP contribution >= 0.6 is 0 Å². The van der Waals surface area contributed by atoms with E-state index in [-0.39, 0.29) is 11.8 Å². The first-order chi connectivity index (χ1) is 11.8. The van der Waals surface area contributed by atoms with Gasteiger partial charge in [-0.05, 0) is 59.3 Å². The number of halogens is 3. The maximum atomic E-state index is 13.7. The lowest BCUT2D eigenvalue weighted by molar-refractivity contribution is -0.139. The first-order valence-corrected chi connectivity index (χ1v) is 9.06. The van der Waals surface area contributed by atoms with Crippen molar-refractivity contribution >= 4 is 0 Å². The van der Waals surface area contributed by atoms with Crippen LogP contribution in [0.5, 0.6) is 0 Å². The average Bonchev–Trinajstić information content (AvgIpc) is 3.38. The molecule has 1 saturated carbocycles. The fraction of sp³-hybridized carbons (Fsp3) is 0.455. The van der Waals surface area contributed by atoms with Crippen LogP contribution in [0.25, 0.3) is 0 Å². The zero-order chi connectivity index (χ0) is 18.2. The van der Waals surface area contributed by atoms with E-state index in [0.29, 0.717) is 23.5 Å². The summed E-state index contributed by atoms with van der Waals surface area (Å²) in [7, 11) is 0. The molecule has 1 aliphatic rings. The molecule has 0 heterocycles. The van der Waals surface area contributed by atoms with Gasteiger partial charge in [0.1, 0.15) is 0 Å². The number of alkyl halides is 3. The largest absolute Gasteiger partial charge is 0.416 e. The SMILES string of the molecule is CC(C)c1cccc(CC(C)c2ccccc2C2CC2)c1C(F)(F)F. The Balaban J connectivity index is 1.97. The highest BCUT2D eigenvalue weighted by Crippen LogP contribution is 2.44. The van der Waals surface area contributed by atoms with Gasteiger partial charge < -0.3 is 0 Å². The van der Waals surface area contributed by atoms with Crippen LogP contribution in [0.3, 0.4) is 0 Å². The van der Waals surface area contributed by atoms with Gasteiger partial charge in [0.15, 0.2) is 0 Å². The van der Waals surface area contributed by atoms with Crippen molar-refractivity contribution in [2.75, 3.05) is 0 Å². The number of benzene rings is 2. The lowest BCUT2D eigenvalue weighted by Gasteiger charge is -2.22. The van der Waals surface area contributed by atoms with Gasteiger partial charge in [-0.25, -0.2) is 0 Å². The smallest absolute Gasteiger partial charge is 0.166 e. The summed E-state index contributed by atoms with van der Waals surface area (Å²) in [5.74, 6) is 0.522. The second-order valence-corrected chi connectivity index (χ2v) is 7.54. The molecule has 0 aromatic heterocycles. The zero-order valence-electron chi connectivity index (χ0n) is 15.0. The Bertz CT molecular complexity index is 739. The van der Waals surface area contributed by atoms with Crippen LogP contribution in [0.15, 0.2) is 42.5 Å². The van der Waals surface area contributed by atoms with Crippen molar-refractivity contribution in [3.05, 3.63) is 70.3 Å². The third-order valence-electron chi connectivity index (χ3n) is 5.16. The molecule has 1 aliphatic carbocycles. The Morgan fingerprint density at radius 3 is 2.16 bits per heavy atom. The van der Waals surface area contributed by atoms with E-state index in [1.165, 1.54) is 24.0 Å². The Hall–Kier alpha value is -1.77. The van der Waals surface area contributed by atoms with Crippen LogP contribution < -0.4 is 0 Å². The van der Waals surface area contributed by atoms with E-state index < -0.39 is 11.7 Å². The quantitative estimate of drug-likeness (QED) is 0.544. The summed E-state index contributed by atoms with van der Waals surface area (Å²) in [6.45, 7) is 5.68. The van der Waals surface area contributed by atoms with E-state index in [4.69, 9.17) is 0 Å². The van der Waals surface area contributed by atoms with E-state index in [2.05, 4.69) is 12.1 Å². The molecule has 0 N–H and O–H groups in total. The Labute approximate surface area is 148 Å². The van der Waals surface area contributed by atoms with Gasteiger partial charge in [0.2, 0.25) is 0 Å². The average molecular weight is 346 g/mol. The molecular formula is C22H25F3. The first-order valence-electron chi connectivity index (χ1n) is 9.06.